The smallest absolute Gasteiger partial charge is 0.420 e. The van der Waals surface area contributed by atoms with Crippen LogP contribution in [0.1, 0.15) is 16.1 Å². The first-order chi connectivity index (χ1) is 9.97. The molecule has 3 aromatic heterocycles. The molecule has 9 heteroatoms. The van der Waals surface area contributed by atoms with E-state index in [1.807, 2.05) is 0 Å². The molecule has 3 heterocycles. The van der Waals surface area contributed by atoms with E-state index in [4.69, 9.17) is 4.74 Å². The minimum absolute atomic E-state index is 0.105. The highest BCUT2D eigenvalue weighted by molar-refractivity contribution is 7.17. The molecule has 21 heavy (non-hydrogen) atoms. The van der Waals surface area contributed by atoms with Crippen LogP contribution in [-0.2, 0) is 6.18 Å². The summed E-state index contributed by atoms with van der Waals surface area (Å²) < 4.78 is 43.9. The van der Waals surface area contributed by atoms with E-state index in [9.17, 15) is 18.0 Å². The topological polar surface area (TPSA) is 67.9 Å². The van der Waals surface area contributed by atoms with Crippen LogP contribution in [-0.4, -0.2) is 21.2 Å². The summed E-state index contributed by atoms with van der Waals surface area (Å²) in [4.78, 5) is 15.8. The standard InChI is InChI=1S/C12H6F3N3O2S/c13-12(14,15)10-7(3-17-18-10)11(19)20-8-4-16-5-9-6(8)1-2-21-9/h1-5H,(H,17,18). The van der Waals surface area contributed by atoms with Gasteiger partial charge in [-0.15, -0.1) is 11.3 Å². The molecule has 0 aliphatic rings. The lowest BCUT2D eigenvalue weighted by molar-refractivity contribution is -0.141. The van der Waals surface area contributed by atoms with Crippen LogP contribution in [0.2, 0.25) is 0 Å². The first-order valence-corrected chi connectivity index (χ1v) is 6.49. The molecular formula is C12H6F3N3O2S. The van der Waals surface area contributed by atoms with E-state index in [-0.39, 0.29) is 5.75 Å². The molecular weight excluding hydrogens is 307 g/mol. The number of nitrogens with zero attached hydrogens (tertiary/aromatic N) is 2. The molecule has 3 rings (SSSR count). The van der Waals surface area contributed by atoms with Crippen molar-refractivity contribution in [2.45, 2.75) is 6.18 Å². The van der Waals surface area contributed by atoms with E-state index in [0.29, 0.717) is 5.39 Å². The summed E-state index contributed by atoms with van der Waals surface area (Å²) in [6, 6.07) is 1.70. The van der Waals surface area contributed by atoms with Gasteiger partial charge in [0.2, 0.25) is 0 Å². The Bertz CT molecular complexity index is 809. The molecule has 0 saturated heterocycles. The van der Waals surface area contributed by atoms with E-state index in [1.165, 1.54) is 17.5 Å². The first-order valence-electron chi connectivity index (χ1n) is 5.61. The van der Waals surface area contributed by atoms with Gasteiger partial charge in [0.25, 0.3) is 0 Å². The number of aromatic amines is 1. The Labute approximate surface area is 119 Å². The Balaban J connectivity index is 1.94. The zero-order valence-corrected chi connectivity index (χ0v) is 11.0. The number of carbonyl (C=O) groups excluding carboxylic acids is 1. The average Bonchev–Trinajstić information content (AvgIpc) is 3.07. The summed E-state index contributed by atoms with van der Waals surface area (Å²) in [5.41, 5.74) is -1.91. The second-order valence-electron chi connectivity index (χ2n) is 4.02. The van der Waals surface area contributed by atoms with Crippen molar-refractivity contribution < 1.29 is 22.7 Å². The molecule has 3 aromatic rings. The van der Waals surface area contributed by atoms with Gasteiger partial charge in [0.1, 0.15) is 5.56 Å². The largest absolute Gasteiger partial charge is 0.433 e. The monoisotopic (exact) mass is 313 g/mol. The van der Waals surface area contributed by atoms with Gasteiger partial charge in [-0.1, -0.05) is 0 Å². The predicted molar refractivity (Wildman–Crippen MR) is 68.2 cm³/mol. The molecule has 0 aliphatic carbocycles. The number of aromatic nitrogens is 3. The third-order valence-electron chi connectivity index (χ3n) is 2.69. The van der Waals surface area contributed by atoms with Gasteiger partial charge in [-0.2, -0.15) is 18.3 Å². The van der Waals surface area contributed by atoms with Crippen LogP contribution >= 0.6 is 11.3 Å². The maximum atomic E-state index is 12.7. The third kappa shape index (κ3) is 2.47. The Hall–Kier alpha value is -2.42. The van der Waals surface area contributed by atoms with Crippen molar-refractivity contribution in [3.63, 3.8) is 0 Å². The number of hydrogen-bond donors (Lipinski definition) is 1. The number of H-pyrrole nitrogens is 1. The lowest BCUT2D eigenvalue weighted by atomic mass is 10.2. The van der Waals surface area contributed by atoms with E-state index in [0.717, 1.165) is 10.9 Å². The quantitative estimate of drug-likeness (QED) is 0.737. The summed E-state index contributed by atoms with van der Waals surface area (Å²) in [5, 5.41) is 7.38. The average molecular weight is 313 g/mol. The second kappa shape index (κ2) is 4.85. The molecule has 0 bridgehead atoms. The number of thiophene rings is 1. The second-order valence-corrected chi connectivity index (χ2v) is 4.96. The Morgan fingerprint density at radius 2 is 2.10 bits per heavy atom. The normalized spacial score (nSPS) is 11.8. The maximum absolute atomic E-state index is 12.7. The number of hydrogen-bond acceptors (Lipinski definition) is 5. The Morgan fingerprint density at radius 1 is 1.29 bits per heavy atom. The lowest BCUT2D eigenvalue weighted by Crippen LogP contribution is -2.16. The molecule has 0 aliphatic heterocycles. The first kappa shape index (κ1) is 13.6. The fraction of sp³-hybridized carbons (Fsp3) is 0.0833. The van der Waals surface area contributed by atoms with Crippen LogP contribution in [0.15, 0.2) is 30.0 Å². The zero-order chi connectivity index (χ0) is 15.0. The van der Waals surface area contributed by atoms with Crippen molar-refractivity contribution >= 4 is 27.4 Å². The van der Waals surface area contributed by atoms with Crippen molar-refractivity contribution in [1.82, 2.24) is 15.2 Å². The van der Waals surface area contributed by atoms with Crippen molar-refractivity contribution in [1.29, 1.82) is 0 Å². The van der Waals surface area contributed by atoms with Crippen LogP contribution in [0.25, 0.3) is 10.1 Å². The SMILES string of the molecule is O=C(Oc1cncc2sccc12)c1cn[nH]c1C(F)(F)F. The van der Waals surface area contributed by atoms with Gasteiger partial charge < -0.3 is 4.74 Å². The molecule has 108 valence electrons. The number of carbonyl (C=O) groups is 1. The number of halogens is 3. The molecule has 0 atom stereocenters. The van der Waals surface area contributed by atoms with Gasteiger partial charge in [0.15, 0.2) is 11.4 Å². The van der Waals surface area contributed by atoms with Gasteiger partial charge in [0, 0.05) is 11.6 Å². The van der Waals surface area contributed by atoms with Crippen LogP contribution in [0.3, 0.4) is 0 Å². The van der Waals surface area contributed by atoms with Crippen molar-refractivity contribution in [2.75, 3.05) is 0 Å². The molecule has 0 saturated carbocycles. The number of alkyl halides is 3. The third-order valence-corrected chi connectivity index (χ3v) is 3.54. The Kier molecular flexibility index (Phi) is 3.13. The number of nitrogens with one attached hydrogen (secondary N) is 1. The summed E-state index contributed by atoms with van der Waals surface area (Å²) in [7, 11) is 0. The van der Waals surface area contributed by atoms with Gasteiger partial charge in [-0.25, -0.2) is 4.79 Å². The predicted octanol–water partition coefficient (Wildman–Crippen LogP) is 3.26. The minimum Gasteiger partial charge on any atom is -0.420 e. The summed E-state index contributed by atoms with van der Waals surface area (Å²) in [6.45, 7) is 0. The summed E-state index contributed by atoms with van der Waals surface area (Å²) >= 11 is 1.38. The van der Waals surface area contributed by atoms with Crippen LogP contribution in [0.5, 0.6) is 5.75 Å². The zero-order valence-electron chi connectivity index (χ0n) is 10.1. The molecule has 5 nitrogen and oxygen atoms in total. The van der Waals surface area contributed by atoms with Gasteiger partial charge in [-0.05, 0) is 11.4 Å². The highest BCUT2D eigenvalue weighted by atomic mass is 32.1. The molecule has 0 fully saturated rings. The van der Waals surface area contributed by atoms with E-state index < -0.39 is 23.4 Å². The summed E-state index contributed by atoms with van der Waals surface area (Å²) in [5.74, 6) is -1.04. The van der Waals surface area contributed by atoms with Crippen molar-refractivity contribution in [3.8, 4) is 5.75 Å². The van der Waals surface area contributed by atoms with Gasteiger partial charge in [0.05, 0.1) is 17.1 Å². The molecule has 0 spiro atoms. The Morgan fingerprint density at radius 3 is 2.86 bits per heavy atom. The maximum Gasteiger partial charge on any atom is 0.433 e. The number of pyridine rings is 1. The molecule has 0 unspecified atom stereocenters. The van der Waals surface area contributed by atoms with Crippen molar-refractivity contribution in [2.24, 2.45) is 0 Å². The fourth-order valence-electron chi connectivity index (χ4n) is 1.76. The fourth-order valence-corrected chi connectivity index (χ4v) is 2.53. The van der Waals surface area contributed by atoms with E-state index in [2.05, 4.69) is 10.1 Å². The summed E-state index contributed by atoms with van der Waals surface area (Å²) in [6.07, 6.45) is -1.07. The number of fused-ring (bicyclic) bond motifs is 1. The number of esters is 1. The molecule has 0 radical (unpaired) electrons. The number of rotatable bonds is 2. The number of ether oxygens (including phenoxy) is 1. The molecule has 0 amide bonds. The highest BCUT2D eigenvalue weighted by Gasteiger charge is 2.38. The van der Waals surface area contributed by atoms with E-state index in [1.54, 1.807) is 22.7 Å². The van der Waals surface area contributed by atoms with Crippen LogP contribution < -0.4 is 4.74 Å². The van der Waals surface area contributed by atoms with Crippen molar-refractivity contribution in [3.05, 3.63) is 41.3 Å². The van der Waals surface area contributed by atoms with Gasteiger partial charge in [-0.3, -0.25) is 10.1 Å². The highest BCUT2D eigenvalue weighted by Crippen LogP contribution is 2.32. The van der Waals surface area contributed by atoms with Crippen LogP contribution in [0, 0.1) is 0 Å². The minimum atomic E-state index is -4.71. The van der Waals surface area contributed by atoms with Gasteiger partial charge >= 0.3 is 12.1 Å². The van der Waals surface area contributed by atoms with E-state index >= 15 is 0 Å². The van der Waals surface area contributed by atoms with Crippen LogP contribution in [0.4, 0.5) is 13.2 Å². The lowest BCUT2D eigenvalue weighted by Gasteiger charge is -2.07. The molecule has 1 N–H and O–H groups in total. The molecule has 0 aromatic carbocycles.